The van der Waals surface area contributed by atoms with Crippen LogP contribution in [0.15, 0.2) is 48.5 Å². The maximum absolute atomic E-state index is 10.8. The van der Waals surface area contributed by atoms with Crippen LogP contribution in [0.3, 0.4) is 0 Å². The molecule has 5 nitrogen and oxygen atoms in total. The molecule has 0 saturated carbocycles. The highest BCUT2D eigenvalue weighted by atomic mass is 35.5. The number of hydrogen-bond donors (Lipinski definition) is 3. The number of rotatable bonds is 4. The minimum atomic E-state index is -0.745. The van der Waals surface area contributed by atoms with Crippen LogP contribution in [0.2, 0.25) is 10.0 Å². The standard InChI is InChI=1S/C10H12ClNO.C8H10ClN.C3H6O2/c1-7(12-8(2)13)9-3-5-10(11)6-4-9;1-6(10)7-2-4-8(9)5-3-7;1-2-3(4)5/h3-7H,1-2H3,(H,12,13);2-6H,10H2,1H3;2H2,1H3,(H,4,5). The van der Waals surface area contributed by atoms with Crippen molar-refractivity contribution in [2.24, 2.45) is 5.73 Å². The van der Waals surface area contributed by atoms with Crippen LogP contribution in [0.25, 0.3) is 0 Å². The van der Waals surface area contributed by atoms with Crippen molar-refractivity contribution in [1.29, 1.82) is 0 Å². The van der Waals surface area contributed by atoms with E-state index in [1.54, 1.807) is 6.92 Å². The van der Waals surface area contributed by atoms with Gasteiger partial charge in [-0.2, -0.15) is 0 Å². The van der Waals surface area contributed by atoms with Crippen molar-refractivity contribution in [3.05, 3.63) is 69.7 Å². The first-order valence-corrected chi connectivity index (χ1v) is 9.57. The summed E-state index contributed by atoms with van der Waals surface area (Å²) in [5, 5.41) is 12.0. The molecule has 0 aliphatic carbocycles. The van der Waals surface area contributed by atoms with Gasteiger partial charge < -0.3 is 16.2 Å². The van der Waals surface area contributed by atoms with E-state index in [4.69, 9.17) is 34.0 Å². The van der Waals surface area contributed by atoms with Crippen molar-refractivity contribution < 1.29 is 14.7 Å². The number of amides is 1. The Morgan fingerprint density at radius 3 is 1.61 bits per heavy atom. The molecule has 0 aliphatic rings. The first-order chi connectivity index (χ1) is 13.1. The van der Waals surface area contributed by atoms with E-state index in [1.807, 2.05) is 62.4 Å². The van der Waals surface area contributed by atoms with Crippen LogP contribution in [0.4, 0.5) is 0 Å². The first-order valence-electron chi connectivity index (χ1n) is 8.82. The highest BCUT2D eigenvalue weighted by Crippen LogP contribution is 2.15. The molecule has 2 aromatic rings. The second kappa shape index (κ2) is 14.0. The third-order valence-electron chi connectivity index (χ3n) is 3.49. The van der Waals surface area contributed by atoms with E-state index in [1.165, 1.54) is 6.92 Å². The van der Waals surface area contributed by atoms with E-state index >= 15 is 0 Å². The fraction of sp³-hybridized carbons (Fsp3) is 0.333. The van der Waals surface area contributed by atoms with Crippen LogP contribution in [0.5, 0.6) is 0 Å². The Bertz CT molecular complexity index is 717. The number of carboxylic acids is 1. The lowest BCUT2D eigenvalue weighted by Gasteiger charge is -2.12. The van der Waals surface area contributed by atoms with Crippen molar-refractivity contribution in [2.75, 3.05) is 0 Å². The molecule has 0 fully saturated rings. The number of halogens is 2. The van der Waals surface area contributed by atoms with Gasteiger partial charge >= 0.3 is 5.97 Å². The minimum Gasteiger partial charge on any atom is -0.481 e. The maximum Gasteiger partial charge on any atom is 0.303 e. The van der Waals surface area contributed by atoms with E-state index < -0.39 is 5.97 Å². The second-order valence-electron chi connectivity index (χ2n) is 6.06. The molecule has 0 bridgehead atoms. The SMILES string of the molecule is CC(=O)NC(C)c1ccc(Cl)cc1.CC(N)c1ccc(Cl)cc1.CCC(=O)O. The minimum absolute atomic E-state index is 0.0255. The summed E-state index contributed by atoms with van der Waals surface area (Å²) in [6.07, 6.45) is 0.222. The zero-order valence-electron chi connectivity index (χ0n) is 16.6. The fourth-order valence-electron chi connectivity index (χ4n) is 1.91. The van der Waals surface area contributed by atoms with Gasteiger partial charge in [-0.3, -0.25) is 9.59 Å². The van der Waals surface area contributed by atoms with Crippen LogP contribution in [0, 0.1) is 0 Å². The zero-order chi connectivity index (χ0) is 21.7. The average molecular weight is 427 g/mol. The Labute approximate surface area is 176 Å². The molecular formula is C21H28Cl2N2O3. The number of hydrogen-bond acceptors (Lipinski definition) is 3. The Morgan fingerprint density at radius 2 is 1.32 bits per heavy atom. The highest BCUT2D eigenvalue weighted by molar-refractivity contribution is 6.30. The van der Waals surface area contributed by atoms with Crippen LogP contribution in [-0.2, 0) is 9.59 Å². The van der Waals surface area contributed by atoms with Crippen LogP contribution in [-0.4, -0.2) is 17.0 Å². The van der Waals surface area contributed by atoms with Gasteiger partial charge in [-0.15, -0.1) is 0 Å². The molecule has 0 heterocycles. The van der Waals surface area contributed by atoms with E-state index in [0.29, 0.717) is 5.02 Å². The summed E-state index contributed by atoms with van der Waals surface area (Å²) in [7, 11) is 0. The van der Waals surface area contributed by atoms with Gasteiger partial charge in [0.1, 0.15) is 0 Å². The number of carbonyl (C=O) groups excluding carboxylic acids is 1. The van der Waals surface area contributed by atoms with Crippen LogP contribution >= 0.6 is 23.2 Å². The number of carbonyl (C=O) groups is 2. The van der Waals surface area contributed by atoms with E-state index in [9.17, 15) is 9.59 Å². The smallest absolute Gasteiger partial charge is 0.303 e. The van der Waals surface area contributed by atoms with Gasteiger partial charge in [0.25, 0.3) is 0 Å². The van der Waals surface area contributed by atoms with Gasteiger partial charge in [0.05, 0.1) is 6.04 Å². The third-order valence-corrected chi connectivity index (χ3v) is 3.99. The Hall–Kier alpha value is -2.08. The Balaban J connectivity index is 0.000000431. The summed E-state index contributed by atoms with van der Waals surface area (Å²) in [5.74, 6) is -0.771. The molecule has 0 aliphatic heterocycles. The summed E-state index contributed by atoms with van der Waals surface area (Å²) in [6, 6.07) is 15.1. The molecule has 7 heteroatoms. The molecule has 0 saturated heterocycles. The molecule has 0 spiro atoms. The summed E-state index contributed by atoms with van der Waals surface area (Å²) < 4.78 is 0. The molecule has 2 atom stereocenters. The largest absolute Gasteiger partial charge is 0.481 e. The average Bonchev–Trinajstić information content (AvgIpc) is 2.63. The molecule has 4 N–H and O–H groups in total. The van der Waals surface area contributed by atoms with Crippen molar-refractivity contribution in [3.8, 4) is 0 Å². The number of nitrogens with two attached hydrogens (primary N) is 1. The van der Waals surface area contributed by atoms with Crippen LogP contribution in [0.1, 0.15) is 57.3 Å². The molecule has 2 rings (SSSR count). The molecule has 154 valence electrons. The predicted molar refractivity (Wildman–Crippen MR) is 116 cm³/mol. The molecule has 28 heavy (non-hydrogen) atoms. The summed E-state index contributed by atoms with van der Waals surface area (Å²) >= 11 is 11.4. The van der Waals surface area contributed by atoms with Crippen molar-refractivity contribution in [1.82, 2.24) is 5.32 Å². The lowest BCUT2D eigenvalue weighted by Crippen LogP contribution is -2.23. The fourth-order valence-corrected chi connectivity index (χ4v) is 2.16. The quantitative estimate of drug-likeness (QED) is 0.611. The van der Waals surface area contributed by atoms with Crippen molar-refractivity contribution >= 4 is 35.1 Å². The molecule has 0 aromatic heterocycles. The topological polar surface area (TPSA) is 92.4 Å². The van der Waals surface area contributed by atoms with Crippen LogP contribution < -0.4 is 11.1 Å². The molecule has 0 radical (unpaired) electrons. The molecule has 2 unspecified atom stereocenters. The Morgan fingerprint density at radius 1 is 0.964 bits per heavy atom. The second-order valence-corrected chi connectivity index (χ2v) is 6.93. The van der Waals surface area contributed by atoms with Gasteiger partial charge in [0, 0.05) is 29.4 Å². The molecule has 2 aromatic carbocycles. The molecular weight excluding hydrogens is 399 g/mol. The van der Waals surface area contributed by atoms with E-state index in [-0.39, 0.29) is 24.4 Å². The van der Waals surface area contributed by atoms with E-state index in [2.05, 4.69) is 5.32 Å². The maximum atomic E-state index is 10.8. The molecule has 1 amide bonds. The number of nitrogens with one attached hydrogen (secondary N) is 1. The summed E-state index contributed by atoms with van der Waals surface area (Å²) in [4.78, 5) is 20.1. The van der Waals surface area contributed by atoms with Gasteiger partial charge in [-0.1, -0.05) is 54.4 Å². The highest BCUT2D eigenvalue weighted by Gasteiger charge is 2.05. The van der Waals surface area contributed by atoms with Crippen molar-refractivity contribution in [3.63, 3.8) is 0 Å². The Kier molecular flexibility index (Phi) is 13.0. The number of benzene rings is 2. The predicted octanol–water partition coefficient (Wildman–Crippen LogP) is 5.38. The van der Waals surface area contributed by atoms with Crippen molar-refractivity contribution in [2.45, 2.75) is 46.2 Å². The first kappa shape index (κ1) is 25.9. The van der Waals surface area contributed by atoms with Gasteiger partial charge in [-0.25, -0.2) is 0 Å². The van der Waals surface area contributed by atoms with Gasteiger partial charge in [-0.05, 0) is 49.2 Å². The third kappa shape index (κ3) is 12.3. The van der Waals surface area contributed by atoms with Gasteiger partial charge in [0.15, 0.2) is 0 Å². The zero-order valence-corrected chi connectivity index (χ0v) is 18.1. The summed E-state index contributed by atoms with van der Waals surface area (Å²) in [6.45, 7) is 6.99. The number of aliphatic carboxylic acids is 1. The number of carboxylic acid groups (broad SMARTS) is 1. The van der Waals surface area contributed by atoms with E-state index in [0.717, 1.165) is 16.1 Å². The lowest BCUT2D eigenvalue weighted by atomic mass is 10.1. The normalized spacial score (nSPS) is 11.7. The lowest BCUT2D eigenvalue weighted by molar-refractivity contribution is -0.136. The van der Waals surface area contributed by atoms with Gasteiger partial charge in [0.2, 0.25) is 5.91 Å². The summed E-state index contributed by atoms with van der Waals surface area (Å²) in [5.41, 5.74) is 7.79. The monoisotopic (exact) mass is 426 g/mol.